The van der Waals surface area contributed by atoms with Gasteiger partial charge in [-0.15, -0.1) is 0 Å². The number of nitrogens with zero attached hydrogens (tertiary/aromatic N) is 2. The third-order valence-electron chi connectivity index (χ3n) is 7.71. The van der Waals surface area contributed by atoms with Gasteiger partial charge in [-0.3, -0.25) is 14.2 Å². The van der Waals surface area contributed by atoms with E-state index in [1.54, 1.807) is 6.20 Å². The first-order valence-electron chi connectivity index (χ1n) is 12.1. The molecule has 8 rings (SSSR count). The summed E-state index contributed by atoms with van der Waals surface area (Å²) >= 11 is 0. The molecule has 3 aromatic heterocycles. The van der Waals surface area contributed by atoms with Crippen molar-refractivity contribution in [1.29, 1.82) is 0 Å². The fraction of sp³-hybridized carbons (Fsp3) is 0.0625. The first kappa shape index (κ1) is 18.9. The summed E-state index contributed by atoms with van der Waals surface area (Å²) in [6.45, 7) is 0. The van der Waals surface area contributed by atoms with Gasteiger partial charge in [-0.1, -0.05) is 66.7 Å². The van der Waals surface area contributed by atoms with Crippen LogP contribution >= 0.6 is 0 Å². The molecule has 3 nitrogen and oxygen atoms in total. The minimum Gasteiger partial charge on any atom is -0.274 e. The van der Waals surface area contributed by atoms with Crippen molar-refractivity contribution in [3.63, 3.8) is 0 Å². The summed E-state index contributed by atoms with van der Waals surface area (Å²) < 4.78 is 1.85. The molecule has 0 N–H and O–H groups in total. The molecule has 0 amide bonds. The number of pyridine rings is 2. The maximum atomic E-state index is 13.5. The van der Waals surface area contributed by atoms with Crippen LogP contribution in [0.5, 0.6) is 0 Å². The molecule has 164 valence electrons. The molecular weight excluding hydrogens is 428 g/mol. The van der Waals surface area contributed by atoms with Crippen molar-refractivity contribution >= 4 is 38.1 Å². The predicted molar refractivity (Wildman–Crippen MR) is 143 cm³/mol. The van der Waals surface area contributed by atoms with Crippen molar-refractivity contribution in [3.8, 4) is 22.3 Å². The first-order chi connectivity index (χ1) is 17.3. The SMILES string of the molecule is O=c1c2ncccc2c2cccc3c4cc(-c5ccc6c(c5)-c5ccccc5CC6)ccc4n1c23. The van der Waals surface area contributed by atoms with E-state index in [1.807, 2.05) is 16.5 Å². The van der Waals surface area contributed by atoms with Crippen molar-refractivity contribution in [2.24, 2.45) is 0 Å². The molecule has 1 aliphatic carbocycles. The minimum atomic E-state index is -0.0579. The van der Waals surface area contributed by atoms with Gasteiger partial charge in [-0.25, -0.2) is 0 Å². The van der Waals surface area contributed by atoms with Crippen molar-refractivity contribution in [3.05, 3.63) is 119 Å². The molecule has 3 heteroatoms. The quantitative estimate of drug-likeness (QED) is 0.253. The molecular formula is C32H20N2O. The van der Waals surface area contributed by atoms with Crippen LogP contribution in [0.3, 0.4) is 0 Å². The van der Waals surface area contributed by atoms with E-state index in [9.17, 15) is 4.79 Å². The normalized spacial score (nSPS) is 13.0. The Hall–Kier alpha value is -4.50. The Morgan fingerprint density at radius 1 is 0.629 bits per heavy atom. The van der Waals surface area contributed by atoms with Crippen LogP contribution in [-0.4, -0.2) is 9.38 Å². The summed E-state index contributed by atoms with van der Waals surface area (Å²) in [5, 5.41) is 4.17. The Bertz CT molecular complexity index is 2030. The molecule has 0 radical (unpaired) electrons. The zero-order valence-corrected chi connectivity index (χ0v) is 19.0. The highest BCUT2D eigenvalue weighted by Crippen LogP contribution is 2.39. The highest BCUT2D eigenvalue weighted by Gasteiger charge is 2.19. The Labute approximate surface area is 201 Å². The summed E-state index contributed by atoms with van der Waals surface area (Å²) in [6.07, 6.45) is 3.88. The Kier molecular flexibility index (Phi) is 3.65. The van der Waals surface area contributed by atoms with E-state index in [0.29, 0.717) is 5.52 Å². The molecule has 0 saturated carbocycles. The molecule has 0 spiro atoms. The van der Waals surface area contributed by atoms with E-state index < -0.39 is 0 Å². The van der Waals surface area contributed by atoms with Gasteiger partial charge in [-0.2, -0.15) is 0 Å². The van der Waals surface area contributed by atoms with Gasteiger partial charge in [-0.05, 0) is 70.5 Å². The second kappa shape index (κ2) is 6.77. The molecule has 0 saturated heterocycles. The molecule has 3 heterocycles. The topological polar surface area (TPSA) is 34.4 Å². The number of fused-ring (bicyclic) bond motifs is 8. The summed E-state index contributed by atoms with van der Waals surface area (Å²) in [5.41, 5.74) is 10.2. The van der Waals surface area contributed by atoms with E-state index in [2.05, 4.69) is 83.8 Å². The van der Waals surface area contributed by atoms with Gasteiger partial charge >= 0.3 is 0 Å². The van der Waals surface area contributed by atoms with Gasteiger partial charge in [0.15, 0.2) is 0 Å². The predicted octanol–water partition coefficient (Wildman–Crippen LogP) is 7.02. The van der Waals surface area contributed by atoms with Gasteiger partial charge in [0.1, 0.15) is 5.52 Å². The van der Waals surface area contributed by atoms with Crippen molar-refractivity contribution in [1.82, 2.24) is 9.38 Å². The van der Waals surface area contributed by atoms with Crippen LogP contribution in [0.2, 0.25) is 0 Å². The maximum absolute atomic E-state index is 13.5. The van der Waals surface area contributed by atoms with Gasteiger partial charge in [0.05, 0.1) is 11.0 Å². The van der Waals surface area contributed by atoms with E-state index >= 15 is 0 Å². The fourth-order valence-electron chi connectivity index (χ4n) is 6.07. The average Bonchev–Trinajstić information content (AvgIpc) is 3.26. The molecule has 0 aliphatic heterocycles. The summed E-state index contributed by atoms with van der Waals surface area (Å²) in [5.74, 6) is 0. The Balaban J connectivity index is 1.41. The zero-order chi connectivity index (χ0) is 23.1. The van der Waals surface area contributed by atoms with Crippen LogP contribution < -0.4 is 5.56 Å². The lowest BCUT2D eigenvalue weighted by Crippen LogP contribution is -2.13. The Morgan fingerprint density at radius 3 is 2.29 bits per heavy atom. The number of rotatable bonds is 1. The van der Waals surface area contributed by atoms with Crippen molar-refractivity contribution < 1.29 is 0 Å². The van der Waals surface area contributed by atoms with Crippen molar-refractivity contribution in [2.45, 2.75) is 12.8 Å². The van der Waals surface area contributed by atoms with Crippen LogP contribution in [0.15, 0.2) is 102 Å². The average molecular weight is 449 g/mol. The molecule has 0 fully saturated rings. The number of benzene rings is 4. The second-order valence-electron chi connectivity index (χ2n) is 9.50. The lowest BCUT2D eigenvalue weighted by atomic mass is 9.84. The highest BCUT2D eigenvalue weighted by atomic mass is 16.1. The molecule has 1 aliphatic rings. The zero-order valence-electron chi connectivity index (χ0n) is 19.0. The minimum absolute atomic E-state index is 0.0579. The van der Waals surface area contributed by atoms with Gasteiger partial charge < -0.3 is 0 Å². The number of aromatic nitrogens is 2. The number of hydrogen-bond donors (Lipinski definition) is 0. The standard InChI is InChI=1S/C32H20N2O/c35-32-30-24(9-4-16-33-30)25-7-3-8-26-28-18-22(14-15-29(28)34(32)31(25)26)21-13-12-20-11-10-19-5-1-2-6-23(19)27(20)17-21/h1-9,12-18H,10-11H2. The first-order valence-corrected chi connectivity index (χ1v) is 12.1. The van der Waals surface area contributed by atoms with E-state index in [0.717, 1.165) is 51.0 Å². The van der Waals surface area contributed by atoms with Crippen LogP contribution in [0.4, 0.5) is 0 Å². The maximum Gasteiger partial charge on any atom is 0.282 e. The largest absolute Gasteiger partial charge is 0.282 e. The van der Waals surface area contributed by atoms with Gasteiger partial charge in [0.2, 0.25) is 0 Å². The van der Waals surface area contributed by atoms with E-state index in [1.165, 1.54) is 27.8 Å². The van der Waals surface area contributed by atoms with Crippen LogP contribution in [0.1, 0.15) is 11.1 Å². The molecule has 0 atom stereocenters. The number of aryl methyl sites for hydroxylation is 2. The van der Waals surface area contributed by atoms with Crippen molar-refractivity contribution in [2.75, 3.05) is 0 Å². The third kappa shape index (κ3) is 2.50. The lowest BCUT2D eigenvalue weighted by molar-refractivity contribution is 0.942. The fourth-order valence-corrected chi connectivity index (χ4v) is 6.07. The number of hydrogen-bond acceptors (Lipinski definition) is 2. The molecule has 35 heavy (non-hydrogen) atoms. The van der Waals surface area contributed by atoms with Crippen LogP contribution in [-0.2, 0) is 12.8 Å². The highest BCUT2D eigenvalue weighted by molar-refractivity contribution is 6.20. The molecule has 0 bridgehead atoms. The van der Waals surface area contributed by atoms with E-state index in [4.69, 9.17) is 0 Å². The van der Waals surface area contributed by atoms with Crippen LogP contribution in [0, 0.1) is 0 Å². The van der Waals surface area contributed by atoms with Crippen LogP contribution in [0.25, 0.3) is 60.3 Å². The third-order valence-corrected chi connectivity index (χ3v) is 7.71. The second-order valence-corrected chi connectivity index (χ2v) is 9.50. The summed E-state index contributed by atoms with van der Waals surface area (Å²) in [4.78, 5) is 17.9. The van der Waals surface area contributed by atoms with Gasteiger partial charge in [0, 0.05) is 27.7 Å². The Morgan fingerprint density at radius 2 is 1.37 bits per heavy atom. The lowest BCUT2D eigenvalue weighted by Gasteiger charge is -2.20. The number of para-hydroxylation sites is 1. The van der Waals surface area contributed by atoms with E-state index in [-0.39, 0.29) is 5.56 Å². The smallest absolute Gasteiger partial charge is 0.274 e. The molecule has 4 aromatic carbocycles. The molecule has 0 unspecified atom stereocenters. The summed E-state index contributed by atoms with van der Waals surface area (Å²) in [7, 11) is 0. The monoisotopic (exact) mass is 448 g/mol. The van der Waals surface area contributed by atoms with Gasteiger partial charge in [0.25, 0.3) is 5.56 Å². The summed E-state index contributed by atoms with van der Waals surface area (Å²) in [6, 6.07) is 32.3. The molecule has 7 aromatic rings.